The topological polar surface area (TPSA) is 84.9 Å². The average Bonchev–Trinajstić information content (AvgIpc) is 2.40. The van der Waals surface area contributed by atoms with Gasteiger partial charge in [0.25, 0.3) is 5.91 Å². The quantitative estimate of drug-likeness (QED) is 0.803. The highest BCUT2D eigenvalue weighted by atomic mass is 35.5. The van der Waals surface area contributed by atoms with Gasteiger partial charge in [0, 0.05) is 12.1 Å². The highest BCUT2D eigenvalue weighted by Crippen LogP contribution is 2.23. The lowest BCUT2D eigenvalue weighted by molar-refractivity contribution is -0.148. The van der Waals surface area contributed by atoms with Gasteiger partial charge in [-0.15, -0.1) is 0 Å². The van der Waals surface area contributed by atoms with Crippen molar-refractivity contribution in [3.63, 3.8) is 0 Å². The molecule has 21 heavy (non-hydrogen) atoms. The van der Waals surface area contributed by atoms with Crippen molar-refractivity contribution in [2.24, 2.45) is 0 Å². The van der Waals surface area contributed by atoms with Crippen LogP contribution in [0.1, 0.15) is 24.2 Å². The fraction of sp³-hybridized carbons (Fsp3) is 0.429. The molecule has 0 saturated heterocycles. The number of carboxylic acid groups (broad SMARTS) is 1. The molecule has 1 aromatic carbocycles. The first-order valence-corrected chi connectivity index (χ1v) is 6.73. The third-order valence-corrected chi connectivity index (χ3v) is 2.79. The van der Waals surface area contributed by atoms with E-state index >= 15 is 0 Å². The standard InChI is InChI=1S/C14H18ClNO5/c1-8(2)21-11-5-4-9(15)6-10(11)13(17)16-7-12(20-3)14(18)19/h4-6,8,12H,7H2,1-3H3,(H,16,17)(H,18,19). The first kappa shape index (κ1) is 17.3. The molecule has 116 valence electrons. The highest BCUT2D eigenvalue weighted by Gasteiger charge is 2.20. The van der Waals surface area contributed by atoms with Crippen LogP contribution in [0.3, 0.4) is 0 Å². The Morgan fingerprint density at radius 2 is 2.05 bits per heavy atom. The van der Waals surface area contributed by atoms with Crippen LogP contribution in [0.15, 0.2) is 18.2 Å². The molecule has 0 radical (unpaired) electrons. The summed E-state index contributed by atoms with van der Waals surface area (Å²) in [6.45, 7) is 3.52. The number of halogens is 1. The minimum Gasteiger partial charge on any atom is -0.490 e. The molecule has 1 rings (SSSR count). The van der Waals surface area contributed by atoms with Crippen molar-refractivity contribution >= 4 is 23.5 Å². The molecule has 0 aliphatic heterocycles. The van der Waals surface area contributed by atoms with Gasteiger partial charge in [-0.3, -0.25) is 4.79 Å². The van der Waals surface area contributed by atoms with Crippen molar-refractivity contribution in [3.05, 3.63) is 28.8 Å². The third-order valence-electron chi connectivity index (χ3n) is 2.56. The highest BCUT2D eigenvalue weighted by molar-refractivity contribution is 6.31. The van der Waals surface area contributed by atoms with Crippen molar-refractivity contribution in [1.29, 1.82) is 0 Å². The second-order valence-electron chi connectivity index (χ2n) is 4.58. The number of hydrogen-bond donors (Lipinski definition) is 2. The number of aliphatic carboxylic acids is 1. The normalized spacial score (nSPS) is 12.0. The van der Waals surface area contributed by atoms with Gasteiger partial charge in [-0.1, -0.05) is 11.6 Å². The second-order valence-corrected chi connectivity index (χ2v) is 5.02. The monoisotopic (exact) mass is 315 g/mol. The van der Waals surface area contributed by atoms with Gasteiger partial charge in [-0.25, -0.2) is 4.79 Å². The summed E-state index contributed by atoms with van der Waals surface area (Å²) in [4.78, 5) is 23.0. The molecule has 1 amide bonds. The molecule has 7 heteroatoms. The number of ether oxygens (including phenoxy) is 2. The van der Waals surface area contributed by atoms with E-state index in [0.29, 0.717) is 10.8 Å². The SMILES string of the molecule is COC(CNC(=O)c1cc(Cl)ccc1OC(C)C)C(=O)O. The summed E-state index contributed by atoms with van der Waals surface area (Å²) < 4.78 is 10.3. The van der Waals surface area contributed by atoms with Gasteiger partial charge in [0.2, 0.25) is 0 Å². The molecule has 1 aromatic rings. The maximum Gasteiger partial charge on any atom is 0.334 e. The van der Waals surface area contributed by atoms with Crippen LogP contribution in [-0.2, 0) is 9.53 Å². The Balaban J connectivity index is 2.85. The molecular weight excluding hydrogens is 298 g/mol. The third kappa shape index (κ3) is 5.24. The summed E-state index contributed by atoms with van der Waals surface area (Å²) in [7, 11) is 1.26. The summed E-state index contributed by atoms with van der Waals surface area (Å²) in [6, 6.07) is 4.69. The molecule has 0 spiro atoms. The molecule has 2 N–H and O–H groups in total. The van der Waals surface area contributed by atoms with Crippen LogP contribution in [-0.4, -0.2) is 42.8 Å². The zero-order chi connectivity index (χ0) is 16.0. The predicted molar refractivity (Wildman–Crippen MR) is 78.0 cm³/mol. The largest absolute Gasteiger partial charge is 0.490 e. The van der Waals surface area contributed by atoms with Gasteiger partial charge in [0.1, 0.15) is 5.75 Å². The van der Waals surface area contributed by atoms with Crippen LogP contribution in [0.4, 0.5) is 0 Å². The van der Waals surface area contributed by atoms with E-state index in [1.54, 1.807) is 12.1 Å². The minimum absolute atomic E-state index is 0.108. The predicted octanol–water partition coefficient (Wildman–Crippen LogP) is 1.96. The van der Waals surface area contributed by atoms with E-state index in [1.165, 1.54) is 13.2 Å². The lowest BCUT2D eigenvalue weighted by Crippen LogP contribution is -2.38. The van der Waals surface area contributed by atoms with Crippen molar-refractivity contribution in [2.45, 2.75) is 26.1 Å². The fourth-order valence-corrected chi connectivity index (χ4v) is 1.76. The summed E-state index contributed by atoms with van der Waals surface area (Å²) in [5.74, 6) is -1.24. The summed E-state index contributed by atoms with van der Waals surface area (Å²) in [6.07, 6.45) is -1.22. The number of hydrogen-bond acceptors (Lipinski definition) is 4. The maximum absolute atomic E-state index is 12.1. The fourth-order valence-electron chi connectivity index (χ4n) is 1.59. The number of carboxylic acids is 1. The number of carbonyl (C=O) groups is 2. The molecule has 0 heterocycles. The number of rotatable bonds is 7. The number of carbonyl (C=O) groups excluding carboxylic acids is 1. The second kappa shape index (κ2) is 7.85. The Hall–Kier alpha value is -1.79. The zero-order valence-corrected chi connectivity index (χ0v) is 12.8. The average molecular weight is 316 g/mol. The molecule has 1 atom stereocenters. The van der Waals surface area contributed by atoms with E-state index in [0.717, 1.165) is 0 Å². The van der Waals surface area contributed by atoms with Gasteiger partial charge >= 0.3 is 5.97 Å². The number of methoxy groups -OCH3 is 1. The lowest BCUT2D eigenvalue weighted by atomic mass is 10.1. The smallest absolute Gasteiger partial charge is 0.334 e. The van der Waals surface area contributed by atoms with Gasteiger partial charge in [-0.05, 0) is 32.0 Å². The Labute approximate surface area is 128 Å². The molecular formula is C14H18ClNO5. The van der Waals surface area contributed by atoms with Crippen molar-refractivity contribution in [3.8, 4) is 5.75 Å². The van der Waals surface area contributed by atoms with Crippen LogP contribution in [0.5, 0.6) is 5.75 Å². The van der Waals surface area contributed by atoms with Crippen LogP contribution < -0.4 is 10.1 Å². The zero-order valence-electron chi connectivity index (χ0n) is 12.1. The number of nitrogens with one attached hydrogen (secondary N) is 1. The Morgan fingerprint density at radius 1 is 1.38 bits per heavy atom. The molecule has 0 bridgehead atoms. The minimum atomic E-state index is -1.15. The summed E-state index contributed by atoms with van der Waals surface area (Å²) in [5, 5.41) is 11.7. The molecule has 1 unspecified atom stereocenters. The summed E-state index contributed by atoms with van der Waals surface area (Å²) >= 11 is 5.88. The maximum atomic E-state index is 12.1. The van der Waals surface area contributed by atoms with Gasteiger partial charge in [0.05, 0.1) is 18.2 Å². The van der Waals surface area contributed by atoms with E-state index in [2.05, 4.69) is 5.32 Å². The van der Waals surface area contributed by atoms with Gasteiger partial charge in [-0.2, -0.15) is 0 Å². The molecule has 0 saturated carbocycles. The van der Waals surface area contributed by atoms with Crippen molar-refractivity contribution in [2.75, 3.05) is 13.7 Å². The summed E-state index contributed by atoms with van der Waals surface area (Å²) in [5.41, 5.74) is 0.247. The molecule has 0 fully saturated rings. The first-order valence-electron chi connectivity index (χ1n) is 6.35. The Bertz CT molecular complexity index is 518. The Kier molecular flexibility index (Phi) is 6.45. The molecule has 0 aliphatic carbocycles. The molecule has 0 aliphatic rings. The molecule has 0 aromatic heterocycles. The van der Waals surface area contributed by atoms with Crippen molar-refractivity contribution < 1.29 is 24.2 Å². The van der Waals surface area contributed by atoms with E-state index < -0.39 is 18.0 Å². The lowest BCUT2D eigenvalue weighted by Gasteiger charge is -2.16. The van der Waals surface area contributed by atoms with E-state index in [1.807, 2.05) is 13.8 Å². The van der Waals surface area contributed by atoms with E-state index in [4.69, 9.17) is 26.2 Å². The van der Waals surface area contributed by atoms with Crippen LogP contribution in [0.25, 0.3) is 0 Å². The van der Waals surface area contributed by atoms with E-state index in [-0.39, 0.29) is 18.2 Å². The van der Waals surface area contributed by atoms with Crippen molar-refractivity contribution in [1.82, 2.24) is 5.32 Å². The van der Waals surface area contributed by atoms with Crippen LogP contribution >= 0.6 is 11.6 Å². The first-order chi connectivity index (χ1) is 9.85. The Morgan fingerprint density at radius 3 is 2.57 bits per heavy atom. The van der Waals surface area contributed by atoms with E-state index in [9.17, 15) is 9.59 Å². The number of amides is 1. The number of benzene rings is 1. The van der Waals surface area contributed by atoms with Gasteiger partial charge < -0.3 is 19.9 Å². The van der Waals surface area contributed by atoms with Crippen LogP contribution in [0, 0.1) is 0 Å². The van der Waals surface area contributed by atoms with Gasteiger partial charge in [0.15, 0.2) is 6.10 Å². The molecule has 6 nitrogen and oxygen atoms in total. The van der Waals surface area contributed by atoms with Crippen LogP contribution in [0.2, 0.25) is 5.02 Å².